The average Bonchev–Trinajstić information content (AvgIpc) is 2.44. The first kappa shape index (κ1) is 13.1. The number of carboxylic acids is 1. The van der Waals surface area contributed by atoms with Crippen molar-refractivity contribution in [2.75, 3.05) is 0 Å². The van der Waals surface area contributed by atoms with Gasteiger partial charge < -0.3 is 9.84 Å². The summed E-state index contributed by atoms with van der Waals surface area (Å²) in [7, 11) is 0. The number of carbonyl (C=O) groups is 1. The van der Waals surface area contributed by atoms with Crippen LogP contribution in [0, 0.1) is 0 Å². The van der Waals surface area contributed by atoms with Gasteiger partial charge in [0.15, 0.2) is 0 Å². The van der Waals surface area contributed by atoms with Crippen LogP contribution in [-0.4, -0.2) is 11.1 Å². The summed E-state index contributed by atoms with van der Waals surface area (Å²) in [6.07, 6.45) is 1.65. The molecule has 0 amide bonds. The van der Waals surface area contributed by atoms with E-state index in [-0.39, 0.29) is 6.42 Å². The third-order valence-corrected chi connectivity index (χ3v) is 4.25. The Balaban J connectivity index is 1.76. The smallest absolute Gasteiger partial charge is 0.303 e. The third kappa shape index (κ3) is 2.80. The molecular weight excluding hydrogens is 272 g/mol. The minimum Gasteiger partial charge on any atom is -0.481 e. The summed E-state index contributed by atoms with van der Waals surface area (Å²) in [6, 6.07) is 14.0. The van der Waals surface area contributed by atoms with Crippen LogP contribution in [0.4, 0.5) is 0 Å². The van der Waals surface area contributed by atoms with E-state index in [9.17, 15) is 4.79 Å². The van der Waals surface area contributed by atoms with Gasteiger partial charge in [0.2, 0.25) is 0 Å². The number of carboxylic acid groups (broad SMARTS) is 1. The fourth-order valence-corrected chi connectivity index (χ4v) is 3.19. The van der Waals surface area contributed by atoms with Gasteiger partial charge in [0.25, 0.3) is 0 Å². The van der Waals surface area contributed by atoms with Crippen molar-refractivity contribution in [1.29, 1.82) is 0 Å². The Morgan fingerprint density at radius 3 is 2.75 bits per heavy atom. The lowest BCUT2D eigenvalue weighted by Gasteiger charge is -2.19. The molecule has 0 aliphatic carbocycles. The van der Waals surface area contributed by atoms with E-state index in [1.165, 1.54) is 0 Å². The van der Waals surface area contributed by atoms with Crippen molar-refractivity contribution in [3.63, 3.8) is 0 Å². The van der Waals surface area contributed by atoms with Crippen LogP contribution in [0.5, 0.6) is 11.5 Å². The van der Waals surface area contributed by atoms with Crippen LogP contribution in [0.25, 0.3) is 0 Å². The number of para-hydroxylation sites is 1. The molecule has 1 aliphatic heterocycles. The van der Waals surface area contributed by atoms with Gasteiger partial charge in [-0.15, -0.1) is 0 Å². The van der Waals surface area contributed by atoms with Crippen LogP contribution >= 0.6 is 11.8 Å². The van der Waals surface area contributed by atoms with Crippen molar-refractivity contribution in [3.05, 3.63) is 48.0 Å². The first-order valence-corrected chi connectivity index (χ1v) is 7.33. The molecule has 0 radical (unpaired) electrons. The summed E-state index contributed by atoms with van der Waals surface area (Å²) in [5.74, 6) is 1.02. The van der Waals surface area contributed by atoms with E-state index in [2.05, 4.69) is 6.07 Å². The first-order valence-electron chi connectivity index (χ1n) is 6.52. The molecule has 4 heteroatoms. The van der Waals surface area contributed by atoms with Crippen molar-refractivity contribution in [3.8, 4) is 11.5 Å². The Bertz CT molecular complexity index is 652. The summed E-state index contributed by atoms with van der Waals surface area (Å²) in [5.41, 5.74) is 1.15. The Morgan fingerprint density at radius 2 is 1.90 bits per heavy atom. The second-order valence-electron chi connectivity index (χ2n) is 4.68. The highest BCUT2D eigenvalue weighted by atomic mass is 32.2. The van der Waals surface area contributed by atoms with Crippen molar-refractivity contribution in [2.45, 2.75) is 29.1 Å². The predicted octanol–water partition coefficient (Wildman–Crippen LogP) is 4.35. The van der Waals surface area contributed by atoms with Gasteiger partial charge in [0, 0.05) is 6.42 Å². The van der Waals surface area contributed by atoms with E-state index < -0.39 is 5.97 Å². The van der Waals surface area contributed by atoms with Crippen LogP contribution in [0.2, 0.25) is 0 Å². The maximum Gasteiger partial charge on any atom is 0.303 e. The lowest BCUT2D eigenvalue weighted by atomic mass is 10.1. The van der Waals surface area contributed by atoms with Crippen molar-refractivity contribution >= 4 is 17.7 Å². The molecule has 0 spiro atoms. The van der Waals surface area contributed by atoms with Crippen molar-refractivity contribution in [1.82, 2.24) is 0 Å². The monoisotopic (exact) mass is 286 g/mol. The molecule has 1 N–H and O–H groups in total. The molecule has 0 saturated heterocycles. The van der Waals surface area contributed by atoms with Gasteiger partial charge in [0.1, 0.15) is 11.5 Å². The largest absolute Gasteiger partial charge is 0.481 e. The molecule has 1 aliphatic rings. The van der Waals surface area contributed by atoms with E-state index in [1.807, 2.05) is 36.4 Å². The Labute approximate surface area is 121 Å². The van der Waals surface area contributed by atoms with E-state index in [0.717, 1.165) is 33.3 Å². The number of benzene rings is 2. The van der Waals surface area contributed by atoms with Gasteiger partial charge in [-0.3, -0.25) is 4.79 Å². The van der Waals surface area contributed by atoms with Crippen LogP contribution in [0.1, 0.15) is 18.4 Å². The van der Waals surface area contributed by atoms with Gasteiger partial charge in [0.05, 0.1) is 9.79 Å². The van der Waals surface area contributed by atoms with Gasteiger partial charge in [-0.25, -0.2) is 0 Å². The minimum absolute atomic E-state index is 0.212. The second-order valence-corrected chi connectivity index (χ2v) is 5.76. The average molecular weight is 286 g/mol. The lowest BCUT2D eigenvalue weighted by Crippen LogP contribution is -1.98. The Kier molecular flexibility index (Phi) is 3.65. The molecule has 3 nitrogen and oxygen atoms in total. The SMILES string of the molecule is O=C(O)CCCc1ccc2c(c1)Sc1ccccc1O2. The molecule has 2 aromatic carbocycles. The number of ether oxygens (including phenoxy) is 1. The van der Waals surface area contributed by atoms with Crippen LogP contribution in [-0.2, 0) is 11.2 Å². The number of aryl methyl sites for hydroxylation is 1. The molecule has 0 saturated carbocycles. The normalized spacial score (nSPS) is 12.2. The minimum atomic E-state index is -0.741. The number of rotatable bonds is 4. The van der Waals surface area contributed by atoms with Crippen LogP contribution in [0.3, 0.4) is 0 Å². The summed E-state index contributed by atoms with van der Waals surface area (Å²) >= 11 is 1.70. The topological polar surface area (TPSA) is 46.5 Å². The first-order chi connectivity index (χ1) is 9.72. The van der Waals surface area contributed by atoms with E-state index >= 15 is 0 Å². The zero-order valence-corrected chi connectivity index (χ0v) is 11.7. The maximum atomic E-state index is 10.5. The van der Waals surface area contributed by atoms with Gasteiger partial charge in [-0.05, 0) is 42.7 Å². The molecule has 0 atom stereocenters. The molecule has 2 aromatic rings. The molecule has 0 bridgehead atoms. The lowest BCUT2D eigenvalue weighted by molar-refractivity contribution is -0.137. The molecule has 1 heterocycles. The highest BCUT2D eigenvalue weighted by Crippen LogP contribution is 2.46. The molecule has 0 fully saturated rings. The van der Waals surface area contributed by atoms with E-state index in [0.29, 0.717) is 6.42 Å². The van der Waals surface area contributed by atoms with Crippen LogP contribution in [0.15, 0.2) is 52.3 Å². The highest BCUT2D eigenvalue weighted by Gasteiger charge is 2.17. The fraction of sp³-hybridized carbons (Fsp3) is 0.188. The van der Waals surface area contributed by atoms with Crippen molar-refractivity contribution < 1.29 is 14.6 Å². The summed E-state index contributed by atoms with van der Waals surface area (Å²) in [4.78, 5) is 12.7. The predicted molar refractivity (Wildman–Crippen MR) is 77.7 cm³/mol. The zero-order chi connectivity index (χ0) is 13.9. The number of aliphatic carboxylic acids is 1. The van der Waals surface area contributed by atoms with Gasteiger partial charge >= 0.3 is 5.97 Å². The zero-order valence-electron chi connectivity index (χ0n) is 10.8. The molecule has 0 aromatic heterocycles. The van der Waals surface area contributed by atoms with Gasteiger partial charge in [-0.1, -0.05) is 30.0 Å². The quantitative estimate of drug-likeness (QED) is 0.774. The Morgan fingerprint density at radius 1 is 1.10 bits per heavy atom. The van der Waals surface area contributed by atoms with E-state index in [1.54, 1.807) is 11.8 Å². The number of hydrogen-bond acceptors (Lipinski definition) is 3. The maximum absolute atomic E-state index is 10.5. The Hall–Kier alpha value is -1.94. The number of hydrogen-bond donors (Lipinski definition) is 1. The molecule has 102 valence electrons. The highest BCUT2D eigenvalue weighted by molar-refractivity contribution is 7.99. The molecule has 3 rings (SSSR count). The second kappa shape index (κ2) is 5.59. The number of fused-ring (bicyclic) bond motifs is 2. The third-order valence-electron chi connectivity index (χ3n) is 3.15. The standard InChI is InChI=1S/C16H14O3S/c17-16(18)7-3-4-11-8-9-13-15(10-11)20-14-6-2-1-5-12(14)19-13/h1-2,5-6,8-10H,3-4,7H2,(H,17,18). The molecule has 0 unspecified atom stereocenters. The van der Waals surface area contributed by atoms with E-state index in [4.69, 9.17) is 9.84 Å². The van der Waals surface area contributed by atoms with Crippen molar-refractivity contribution in [2.24, 2.45) is 0 Å². The molecule has 20 heavy (non-hydrogen) atoms. The molecular formula is C16H14O3S. The fourth-order valence-electron chi connectivity index (χ4n) is 2.17. The summed E-state index contributed by atoms with van der Waals surface area (Å²) in [5, 5.41) is 8.67. The summed E-state index contributed by atoms with van der Waals surface area (Å²) < 4.78 is 5.86. The van der Waals surface area contributed by atoms with Gasteiger partial charge in [-0.2, -0.15) is 0 Å². The summed E-state index contributed by atoms with van der Waals surface area (Å²) in [6.45, 7) is 0. The van der Waals surface area contributed by atoms with Crippen LogP contribution < -0.4 is 4.74 Å².